The van der Waals surface area contributed by atoms with Crippen LogP contribution in [0.3, 0.4) is 0 Å². The molecule has 0 saturated carbocycles. The van der Waals surface area contributed by atoms with Gasteiger partial charge in [0.2, 0.25) is 0 Å². The topological polar surface area (TPSA) is 29.5 Å². The molecule has 1 unspecified atom stereocenters. The van der Waals surface area contributed by atoms with Crippen molar-refractivity contribution in [2.45, 2.75) is 19.2 Å². The Labute approximate surface area is 114 Å². The van der Waals surface area contributed by atoms with E-state index in [4.69, 9.17) is 16.3 Å². The molecule has 4 heteroatoms. The summed E-state index contributed by atoms with van der Waals surface area (Å²) in [6, 6.07) is 5.82. The average molecular weight is 270 g/mol. The molecule has 0 saturated heterocycles. The minimum absolute atomic E-state index is 0.00532. The van der Waals surface area contributed by atoms with Gasteiger partial charge in [0, 0.05) is 26.3 Å². The number of nitrogens with zero attached hydrogens (tertiary/aromatic N) is 1. The highest BCUT2D eigenvalue weighted by Crippen LogP contribution is 2.13. The van der Waals surface area contributed by atoms with Crippen molar-refractivity contribution in [3.8, 4) is 0 Å². The Morgan fingerprint density at radius 3 is 2.67 bits per heavy atom. The fraction of sp³-hybridized carbons (Fsp3) is 0.500. The molecule has 0 aliphatic carbocycles. The van der Waals surface area contributed by atoms with Crippen molar-refractivity contribution in [3.63, 3.8) is 0 Å². The van der Waals surface area contributed by atoms with Gasteiger partial charge in [-0.2, -0.15) is 0 Å². The van der Waals surface area contributed by atoms with Crippen LogP contribution in [0.4, 0.5) is 0 Å². The number of halogens is 1. The van der Waals surface area contributed by atoms with E-state index in [1.807, 2.05) is 32.0 Å². The molecule has 0 heterocycles. The minimum atomic E-state index is -0.185. The van der Waals surface area contributed by atoms with Crippen LogP contribution in [0.25, 0.3) is 0 Å². The second kappa shape index (κ2) is 6.76. The Bertz CT molecular complexity index is 420. The lowest BCUT2D eigenvalue weighted by Gasteiger charge is -2.21. The molecule has 0 fully saturated rings. The normalized spacial score (nSPS) is 12.3. The van der Waals surface area contributed by atoms with Gasteiger partial charge in [0.15, 0.2) is 0 Å². The number of carbonyl (C=O) groups excluding carboxylic acids is 1. The third-order valence-electron chi connectivity index (χ3n) is 2.78. The van der Waals surface area contributed by atoms with Crippen molar-refractivity contribution in [2.75, 3.05) is 27.3 Å². The Kier molecular flexibility index (Phi) is 5.63. The Hall–Kier alpha value is -1.06. The smallest absolute Gasteiger partial charge is 0.253 e. The molecule has 1 rings (SSSR count). The highest BCUT2D eigenvalue weighted by atomic mass is 35.5. The summed E-state index contributed by atoms with van der Waals surface area (Å²) >= 11 is 6.05. The zero-order chi connectivity index (χ0) is 13.7. The van der Waals surface area contributed by atoms with Crippen molar-refractivity contribution in [3.05, 3.63) is 34.9 Å². The third-order valence-corrected chi connectivity index (χ3v) is 3.04. The van der Waals surface area contributed by atoms with Crippen LogP contribution in [0.5, 0.6) is 0 Å². The van der Waals surface area contributed by atoms with Gasteiger partial charge in [-0.3, -0.25) is 4.79 Å². The van der Waals surface area contributed by atoms with Crippen molar-refractivity contribution < 1.29 is 9.53 Å². The molecule has 1 aromatic carbocycles. The summed E-state index contributed by atoms with van der Waals surface area (Å²) in [4.78, 5) is 13.9. The highest BCUT2D eigenvalue weighted by molar-refractivity contribution is 6.21. The monoisotopic (exact) mass is 269 g/mol. The maximum Gasteiger partial charge on any atom is 0.253 e. The molecule has 0 radical (unpaired) electrons. The maximum atomic E-state index is 12.2. The van der Waals surface area contributed by atoms with Crippen molar-refractivity contribution >= 4 is 17.5 Å². The third kappa shape index (κ3) is 4.00. The Morgan fingerprint density at radius 2 is 2.11 bits per heavy atom. The molecule has 100 valence electrons. The van der Waals surface area contributed by atoms with Gasteiger partial charge in [-0.05, 0) is 25.5 Å². The van der Waals surface area contributed by atoms with Crippen LogP contribution in [0, 0.1) is 13.8 Å². The number of carbonyl (C=O) groups is 1. The van der Waals surface area contributed by atoms with Gasteiger partial charge in [0.1, 0.15) is 0 Å². The molecular formula is C14H20ClNO2. The first-order valence-corrected chi connectivity index (χ1v) is 6.35. The second-order valence-corrected chi connectivity index (χ2v) is 5.17. The van der Waals surface area contributed by atoms with Gasteiger partial charge < -0.3 is 9.64 Å². The van der Waals surface area contributed by atoms with Gasteiger partial charge >= 0.3 is 0 Å². The zero-order valence-electron chi connectivity index (χ0n) is 11.4. The summed E-state index contributed by atoms with van der Waals surface area (Å²) in [6.07, 6.45) is 0. The molecule has 0 N–H and O–H groups in total. The summed E-state index contributed by atoms with van der Waals surface area (Å²) in [5, 5.41) is -0.185. The molecule has 1 atom stereocenters. The number of hydrogen-bond donors (Lipinski definition) is 0. The van der Waals surface area contributed by atoms with E-state index in [0.717, 1.165) is 16.7 Å². The quantitative estimate of drug-likeness (QED) is 0.769. The van der Waals surface area contributed by atoms with E-state index in [9.17, 15) is 4.79 Å². The maximum absolute atomic E-state index is 12.2. The number of ether oxygens (including phenoxy) is 1. The summed E-state index contributed by atoms with van der Waals surface area (Å²) in [6.45, 7) is 4.87. The number of alkyl halides is 1. The lowest BCUT2D eigenvalue weighted by Crippen LogP contribution is -2.34. The zero-order valence-corrected chi connectivity index (χ0v) is 12.1. The van der Waals surface area contributed by atoms with E-state index in [2.05, 4.69) is 0 Å². The van der Waals surface area contributed by atoms with Crippen LogP contribution in [-0.2, 0) is 4.74 Å². The molecule has 0 aromatic heterocycles. The summed E-state index contributed by atoms with van der Waals surface area (Å²) in [7, 11) is 3.36. The number of amides is 1. The van der Waals surface area contributed by atoms with Gasteiger partial charge in [-0.1, -0.05) is 17.7 Å². The summed E-state index contributed by atoms with van der Waals surface area (Å²) in [5.74, 6) is -0.00532. The van der Waals surface area contributed by atoms with Gasteiger partial charge in [-0.15, -0.1) is 11.6 Å². The molecule has 0 aliphatic rings. The van der Waals surface area contributed by atoms with Crippen LogP contribution in [-0.4, -0.2) is 43.5 Å². The van der Waals surface area contributed by atoms with Gasteiger partial charge in [-0.25, -0.2) is 0 Å². The van der Waals surface area contributed by atoms with E-state index in [1.54, 1.807) is 19.1 Å². The molecule has 18 heavy (non-hydrogen) atoms. The van der Waals surface area contributed by atoms with Crippen molar-refractivity contribution in [1.29, 1.82) is 0 Å². The number of benzene rings is 1. The molecule has 3 nitrogen and oxygen atoms in total. The van der Waals surface area contributed by atoms with Crippen LogP contribution in [0.2, 0.25) is 0 Å². The Balaban J connectivity index is 2.74. The fourth-order valence-corrected chi connectivity index (χ4v) is 2.21. The van der Waals surface area contributed by atoms with Gasteiger partial charge in [0.05, 0.1) is 12.0 Å². The summed E-state index contributed by atoms with van der Waals surface area (Å²) < 4.78 is 4.96. The van der Waals surface area contributed by atoms with E-state index in [-0.39, 0.29) is 11.3 Å². The summed E-state index contributed by atoms with van der Waals surface area (Å²) in [5.41, 5.74) is 2.87. The molecular weight excluding hydrogens is 250 g/mol. The SMILES string of the molecule is COCC(Cl)CN(C)C(=O)c1ccc(C)cc1C. The first-order chi connectivity index (χ1) is 8.45. The van der Waals surface area contributed by atoms with E-state index in [1.165, 1.54) is 0 Å². The van der Waals surface area contributed by atoms with E-state index >= 15 is 0 Å². The molecule has 0 spiro atoms. The largest absolute Gasteiger partial charge is 0.383 e. The first-order valence-electron chi connectivity index (χ1n) is 5.91. The molecule has 0 bridgehead atoms. The molecule has 1 aromatic rings. The standard InChI is InChI=1S/C14H20ClNO2/c1-10-5-6-13(11(2)7-10)14(17)16(3)8-12(15)9-18-4/h5-7,12H,8-9H2,1-4H3. The predicted octanol–water partition coefficient (Wildman–Crippen LogP) is 2.63. The van der Waals surface area contributed by atoms with Crippen molar-refractivity contribution in [1.82, 2.24) is 4.90 Å². The average Bonchev–Trinajstić information content (AvgIpc) is 2.28. The van der Waals surface area contributed by atoms with E-state index in [0.29, 0.717) is 13.2 Å². The van der Waals surface area contributed by atoms with Gasteiger partial charge in [0.25, 0.3) is 5.91 Å². The van der Waals surface area contributed by atoms with E-state index < -0.39 is 0 Å². The van der Waals surface area contributed by atoms with Crippen LogP contribution in [0.15, 0.2) is 18.2 Å². The molecule has 0 aliphatic heterocycles. The number of hydrogen-bond acceptors (Lipinski definition) is 2. The number of methoxy groups -OCH3 is 1. The van der Waals surface area contributed by atoms with Crippen LogP contribution in [0.1, 0.15) is 21.5 Å². The lowest BCUT2D eigenvalue weighted by molar-refractivity contribution is 0.0781. The second-order valence-electron chi connectivity index (χ2n) is 4.56. The fourth-order valence-electron chi connectivity index (χ4n) is 1.87. The predicted molar refractivity (Wildman–Crippen MR) is 74.4 cm³/mol. The van der Waals surface area contributed by atoms with Crippen LogP contribution >= 0.6 is 11.6 Å². The highest BCUT2D eigenvalue weighted by Gasteiger charge is 2.17. The molecule has 1 amide bonds. The number of aryl methyl sites for hydroxylation is 2. The lowest BCUT2D eigenvalue weighted by atomic mass is 10.0. The minimum Gasteiger partial charge on any atom is -0.383 e. The van der Waals surface area contributed by atoms with Crippen molar-refractivity contribution in [2.24, 2.45) is 0 Å². The first kappa shape index (κ1) is 15.0. The Morgan fingerprint density at radius 1 is 1.44 bits per heavy atom. The number of rotatable bonds is 5. The van der Waals surface area contributed by atoms with Crippen LogP contribution < -0.4 is 0 Å².